The first-order valence-corrected chi connectivity index (χ1v) is 20.4. The van der Waals surface area contributed by atoms with Crippen molar-refractivity contribution in [2.24, 2.45) is 0 Å². The quantitative estimate of drug-likeness (QED) is 0.149. The Kier molecular flexibility index (Phi) is 9.17. The molecule has 0 fully saturated rings. The zero-order chi connectivity index (χ0) is 49.1. The van der Waals surface area contributed by atoms with Gasteiger partial charge in [0.05, 0.1) is 16.9 Å². The Morgan fingerprint density at radius 2 is 1.44 bits per heavy atom. The minimum Gasteiger partial charge on any atom is -0.333 e. The van der Waals surface area contributed by atoms with Crippen LogP contribution in [0.4, 0.5) is 0 Å². The van der Waals surface area contributed by atoms with Crippen molar-refractivity contribution in [3.8, 4) is 39.5 Å². The van der Waals surface area contributed by atoms with Gasteiger partial charge in [0.1, 0.15) is 0 Å². The summed E-state index contributed by atoms with van der Waals surface area (Å²) in [5, 5.41) is 1.30. The van der Waals surface area contributed by atoms with Gasteiger partial charge in [-0.05, 0) is 116 Å². The van der Waals surface area contributed by atoms with Gasteiger partial charge in [0.15, 0.2) is 0 Å². The van der Waals surface area contributed by atoms with E-state index in [0.29, 0.717) is 38.1 Å². The van der Waals surface area contributed by atoms with E-state index < -0.39 is 26.4 Å². The second-order valence-electron chi connectivity index (χ2n) is 15.4. The molecule has 5 heteroatoms. The molecule has 0 N–H and O–H groups in total. The van der Waals surface area contributed by atoms with Gasteiger partial charge in [-0.2, -0.15) is 11.3 Å². The van der Waals surface area contributed by atoms with Gasteiger partial charge in [-0.1, -0.05) is 120 Å². The zero-order valence-corrected chi connectivity index (χ0v) is 37.1. The van der Waals surface area contributed by atoms with Gasteiger partial charge < -0.3 is 9.55 Å². The molecular weight excluding hydrogens is 915 g/mol. The van der Waals surface area contributed by atoms with Crippen LogP contribution in [0.25, 0.3) is 70.7 Å². The van der Waals surface area contributed by atoms with Crippen molar-refractivity contribution in [2.45, 2.75) is 79.8 Å². The molecule has 9 aromatic rings. The van der Waals surface area contributed by atoms with Gasteiger partial charge >= 0.3 is 0 Å². The molecule has 0 bridgehead atoms. The van der Waals surface area contributed by atoms with Crippen molar-refractivity contribution < 1.29 is 33.8 Å². The van der Waals surface area contributed by atoms with Crippen molar-refractivity contribution in [1.29, 1.82) is 0 Å². The first-order valence-electron chi connectivity index (χ1n) is 24.5. The van der Waals surface area contributed by atoms with Crippen molar-refractivity contribution in [2.75, 3.05) is 0 Å². The van der Waals surface area contributed by atoms with E-state index in [2.05, 4.69) is 91.8 Å². The molecule has 0 amide bonds. The number of hydrogen-bond donors (Lipinski definition) is 0. The predicted molar refractivity (Wildman–Crippen MR) is 249 cm³/mol. The number of hydrogen-bond acceptors (Lipinski definition) is 3. The van der Waals surface area contributed by atoms with Gasteiger partial charge in [0.25, 0.3) is 0 Å². The molecule has 0 aliphatic heterocycles. The molecule has 0 atom stereocenters. The van der Waals surface area contributed by atoms with Gasteiger partial charge in [0.2, 0.25) is 0 Å². The average Bonchev–Trinajstić information content (AvgIpc) is 3.86. The number of aryl methyl sites for hydroxylation is 3. The maximum Gasteiger partial charge on any atom is 0.0774 e. The Labute approximate surface area is 381 Å². The van der Waals surface area contributed by atoms with E-state index in [1.165, 1.54) is 28.7 Å². The van der Waals surface area contributed by atoms with E-state index >= 15 is 0 Å². The fourth-order valence-corrected chi connectivity index (χ4v) is 8.85. The van der Waals surface area contributed by atoms with Crippen LogP contribution in [0.2, 0.25) is 0 Å². The Balaban J connectivity index is 0.000000281. The maximum atomic E-state index is 8.40. The third-order valence-electron chi connectivity index (χ3n) is 10.5. The number of thiophene rings is 1. The summed E-state index contributed by atoms with van der Waals surface area (Å²) in [5.41, 5.74) is 10.6. The number of benzene rings is 6. The number of pyridine rings is 1. The molecule has 3 heterocycles. The average molecular weight is 976 g/mol. The van der Waals surface area contributed by atoms with E-state index in [0.717, 1.165) is 38.1 Å². The first kappa shape index (κ1) is 30.8. The minimum absolute atomic E-state index is 0. The second kappa shape index (κ2) is 17.6. The fraction of sp³-hybridized carbons (Fsp3) is 0.222. The molecule has 0 unspecified atom stereocenters. The zero-order valence-electron chi connectivity index (χ0n) is 43.9. The third kappa shape index (κ3) is 8.22. The van der Waals surface area contributed by atoms with Crippen LogP contribution < -0.4 is 0 Å². The summed E-state index contributed by atoms with van der Waals surface area (Å²) in [6.07, 6.45) is 1.36. The smallest absolute Gasteiger partial charge is 0.0774 e. The van der Waals surface area contributed by atoms with Gasteiger partial charge in [0, 0.05) is 50.4 Å². The van der Waals surface area contributed by atoms with Crippen molar-refractivity contribution in [1.82, 2.24) is 14.5 Å². The number of para-hydroxylation sites is 2. The number of rotatable bonds is 7. The normalized spacial score (nSPS) is 14.8. The summed E-state index contributed by atoms with van der Waals surface area (Å²) in [6.45, 7) is 5.24. The topological polar surface area (TPSA) is 30.7 Å². The molecule has 0 saturated carbocycles. The molecule has 6 aromatic carbocycles. The van der Waals surface area contributed by atoms with E-state index in [1.54, 1.807) is 50.2 Å². The molecule has 9 rings (SSSR count). The largest absolute Gasteiger partial charge is 0.333 e. The summed E-state index contributed by atoms with van der Waals surface area (Å²) in [7, 11) is 0. The Hall–Kier alpha value is -5.19. The van der Waals surface area contributed by atoms with Crippen LogP contribution in [0, 0.1) is 32.7 Å². The number of fused-ring (bicyclic) bond motifs is 4. The molecule has 3 nitrogen and oxygen atoms in total. The fourth-order valence-electron chi connectivity index (χ4n) is 7.59. The number of nitrogens with zero attached hydrogens (tertiary/aromatic N) is 3. The molecule has 0 aliphatic carbocycles. The van der Waals surface area contributed by atoms with Crippen molar-refractivity contribution in [3.05, 3.63) is 173 Å². The molecular formula is C54H51IrN3S-2. The van der Waals surface area contributed by atoms with Crippen LogP contribution in [0.3, 0.4) is 0 Å². The van der Waals surface area contributed by atoms with Crippen molar-refractivity contribution in [3.63, 3.8) is 0 Å². The molecule has 299 valence electrons. The Morgan fingerprint density at radius 1 is 0.712 bits per heavy atom. The van der Waals surface area contributed by atoms with Gasteiger partial charge in [-0.15, -0.1) is 53.6 Å². The van der Waals surface area contributed by atoms with Gasteiger partial charge in [-0.3, -0.25) is 4.98 Å². The monoisotopic (exact) mass is 976 g/mol. The van der Waals surface area contributed by atoms with Crippen LogP contribution in [0.15, 0.2) is 128 Å². The number of imidazole rings is 1. The first-order chi connectivity index (χ1) is 31.9. The summed E-state index contributed by atoms with van der Waals surface area (Å²) in [6, 6.07) is 45.1. The Morgan fingerprint density at radius 3 is 2.12 bits per heavy atom. The van der Waals surface area contributed by atoms with E-state index in [1.807, 2.05) is 42.5 Å². The predicted octanol–water partition coefficient (Wildman–Crippen LogP) is 15.4. The minimum atomic E-state index is -2.40. The van der Waals surface area contributed by atoms with Crippen molar-refractivity contribution >= 4 is 42.5 Å². The van der Waals surface area contributed by atoms with Gasteiger partial charge in [-0.25, -0.2) is 0 Å². The molecule has 0 spiro atoms. The molecule has 3 aromatic heterocycles. The summed E-state index contributed by atoms with van der Waals surface area (Å²) >= 11 is 1.39. The van der Waals surface area contributed by atoms with E-state index in [-0.39, 0.29) is 48.6 Å². The summed E-state index contributed by atoms with van der Waals surface area (Å²) in [5.74, 6) is 0.0209. The second-order valence-corrected chi connectivity index (χ2v) is 16.5. The maximum absolute atomic E-state index is 8.40. The molecule has 0 aliphatic rings. The van der Waals surface area contributed by atoms with E-state index in [4.69, 9.17) is 18.7 Å². The van der Waals surface area contributed by atoms with Crippen LogP contribution >= 0.6 is 11.3 Å². The van der Waals surface area contributed by atoms with Crippen LogP contribution in [0.5, 0.6) is 0 Å². The Bertz CT molecular complexity index is 3260. The molecule has 0 saturated heterocycles. The molecule has 1 radical (unpaired) electrons. The van der Waals surface area contributed by atoms with E-state index in [9.17, 15) is 0 Å². The summed E-state index contributed by atoms with van der Waals surface area (Å²) in [4.78, 5) is 9.43. The van der Waals surface area contributed by atoms with Crippen LogP contribution in [-0.4, -0.2) is 14.5 Å². The SMILES string of the molecule is [2H]C([2H])([2H])c1ccc2c(c1)sc1c(-c3nc4ccccc4n3-c3c(C(C)C)cc(-c4ccccc4)cc3C(C)C)[c-]cc(C([2H])([2H])[2H])c12.[2H]C([2H])([2H])c1cnc(-c2[c-]cccc2)cc1C([2H])(C)C.[Ir]. The number of aromatic nitrogens is 3. The standard InChI is InChI=1S/C39H35N2S.C15H16N.Ir/c1-23(2)31-21-28(27-12-8-7-9-13-27)22-32(24(3)4)37(31)41-34-15-11-10-14-33(34)40-39(41)30-19-17-26(6)36-29-18-16-25(5)20-35(29)42-38(30)36;1-11(2)14-9-15(16-10-12(14)3)13-7-5-4-6-8-13;/h7-18,20-24H,1-6H3;4-7,9-11H,1-3H3;/q2*-1;/i5D3,6D3;3D3,11D;. The van der Waals surface area contributed by atoms with Crippen LogP contribution in [-0.2, 0) is 20.1 Å². The third-order valence-corrected chi connectivity index (χ3v) is 11.7. The molecule has 59 heavy (non-hydrogen) atoms. The summed E-state index contributed by atoms with van der Waals surface area (Å²) < 4.78 is 83.7. The van der Waals surface area contributed by atoms with Crippen LogP contribution in [0.1, 0.15) is 106 Å².